The van der Waals surface area contributed by atoms with Gasteiger partial charge in [-0.05, 0) is 142 Å². The predicted octanol–water partition coefficient (Wildman–Crippen LogP) is 4.08. The lowest BCUT2D eigenvalue weighted by molar-refractivity contribution is -0.144. The van der Waals surface area contributed by atoms with Crippen molar-refractivity contribution in [1.29, 1.82) is 0 Å². The summed E-state index contributed by atoms with van der Waals surface area (Å²) >= 11 is 0. The quantitative estimate of drug-likeness (QED) is 0.0823. The number of aliphatic carboxylic acids is 3. The van der Waals surface area contributed by atoms with Gasteiger partial charge in [-0.3, -0.25) is 14.4 Å². The van der Waals surface area contributed by atoms with Crippen molar-refractivity contribution < 1.29 is 39.2 Å². The highest BCUT2D eigenvalue weighted by Gasteiger charge is 2.33. The number of carboxylic acids is 3. The lowest BCUT2D eigenvalue weighted by Gasteiger charge is -2.24. The minimum Gasteiger partial charge on any atom is -0.492 e. The molecule has 0 radical (unpaired) electrons. The van der Waals surface area contributed by atoms with Crippen LogP contribution in [0.15, 0.2) is 72.8 Å². The molecule has 0 bridgehead atoms. The van der Waals surface area contributed by atoms with Gasteiger partial charge in [0.1, 0.15) is 12.4 Å². The number of carbonyl (C=O) groups is 4. The summed E-state index contributed by atoms with van der Waals surface area (Å²) in [7, 11) is 0. The minimum atomic E-state index is -0.794. The van der Waals surface area contributed by atoms with Crippen molar-refractivity contribution in [3.8, 4) is 5.75 Å². The van der Waals surface area contributed by atoms with Gasteiger partial charge in [-0.25, -0.2) is 4.79 Å². The number of benzene rings is 3. The maximum absolute atomic E-state index is 13.8. The van der Waals surface area contributed by atoms with Crippen molar-refractivity contribution >= 4 is 23.9 Å². The topological polar surface area (TPSA) is 190 Å². The molecule has 0 aliphatic carbocycles. The lowest BCUT2D eigenvalue weighted by atomic mass is 9.86. The van der Waals surface area contributed by atoms with Gasteiger partial charge in [0.15, 0.2) is 0 Å². The molecule has 13 nitrogen and oxygen atoms in total. The summed E-state index contributed by atoms with van der Waals surface area (Å²) in [4.78, 5) is 52.0. The number of urea groups is 1. The molecule has 6 atom stereocenters. The Balaban J connectivity index is 1.10. The van der Waals surface area contributed by atoms with Gasteiger partial charge in [-0.2, -0.15) is 0 Å². The zero-order valence-electron chi connectivity index (χ0n) is 33.2. The Morgan fingerprint density at radius 1 is 0.621 bits per heavy atom. The second-order valence-electron chi connectivity index (χ2n) is 16.2. The van der Waals surface area contributed by atoms with Crippen LogP contribution in [-0.4, -0.2) is 103 Å². The monoisotopic (exact) mass is 797 g/mol. The molecule has 0 saturated carbocycles. The first-order valence-corrected chi connectivity index (χ1v) is 20.8. The van der Waals surface area contributed by atoms with Crippen LogP contribution >= 0.6 is 0 Å². The molecule has 3 heterocycles. The molecule has 6 unspecified atom stereocenters. The van der Waals surface area contributed by atoms with Gasteiger partial charge in [-0.1, -0.05) is 60.7 Å². The molecule has 3 aliphatic heterocycles. The Morgan fingerprint density at radius 2 is 1.07 bits per heavy atom. The van der Waals surface area contributed by atoms with Crippen LogP contribution in [0.4, 0.5) is 4.79 Å². The lowest BCUT2D eigenvalue weighted by Crippen LogP contribution is -2.42. The molecule has 58 heavy (non-hydrogen) atoms. The Kier molecular flexibility index (Phi) is 15.5. The first-order valence-electron chi connectivity index (χ1n) is 20.8. The number of rotatable bonds is 21. The first kappa shape index (κ1) is 42.6. The number of carbonyl (C=O) groups excluding carboxylic acids is 1. The average Bonchev–Trinajstić information content (AvgIpc) is 4.04. The van der Waals surface area contributed by atoms with E-state index in [0.29, 0.717) is 57.6 Å². The summed E-state index contributed by atoms with van der Waals surface area (Å²) in [5, 5.41) is 42.8. The van der Waals surface area contributed by atoms with E-state index in [1.54, 1.807) is 4.90 Å². The Hall–Kier alpha value is -4.98. The second-order valence-corrected chi connectivity index (χ2v) is 16.2. The maximum Gasteiger partial charge on any atom is 0.317 e. The van der Waals surface area contributed by atoms with Crippen molar-refractivity contribution in [2.45, 2.75) is 51.5 Å². The number of nitrogens with one attached hydrogen (secondary N) is 4. The van der Waals surface area contributed by atoms with E-state index >= 15 is 0 Å². The van der Waals surface area contributed by atoms with E-state index in [-0.39, 0.29) is 43.5 Å². The third-order valence-corrected chi connectivity index (χ3v) is 12.2. The minimum absolute atomic E-state index is 0.0802. The Bertz CT molecular complexity index is 1840. The number of amides is 2. The largest absolute Gasteiger partial charge is 0.492 e. The fourth-order valence-corrected chi connectivity index (χ4v) is 8.87. The van der Waals surface area contributed by atoms with Crippen LogP contribution in [0.2, 0.25) is 0 Å². The molecule has 0 aromatic heterocycles. The molecular weight excluding hydrogens is 739 g/mol. The summed E-state index contributed by atoms with van der Waals surface area (Å²) in [5.41, 5.74) is 4.64. The van der Waals surface area contributed by atoms with E-state index in [0.717, 1.165) is 66.7 Å². The summed E-state index contributed by atoms with van der Waals surface area (Å²) in [6.45, 7) is 5.74. The smallest absolute Gasteiger partial charge is 0.317 e. The molecule has 3 aromatic carbocycles. The van der Waals surface area contributed by atoms with E-state index < -0.39 is 35.7 Å². The van der Waals surface area contributed by atoms with E-state index in [2.05, 4.69) is 21.3 Å². The third kappa shape index (κ3) is 12.3. The SMILES string of the molecule is O=C(O)C(Cc1cccc(CCN(CCOc2cccc(CC(C(=O)O)C3CCNC3)c2)C(=O)NCc2cccc(CC(C(=O)O)C3CCNC3)c2)c1)C1CCNC1. The number of hydrogen-bond donors (Lipinski definition) is 7. The number of carboxylic acid groups (broad SMARTS) is 3. The van der Waals surface area contributed by atoms with Crippen LogP contribution < -0.4 is 26.0 Å². The van der Waals surface area contributed by atoms with Crippen LogP contribution in [0.25, 0.3) is 0 Å². The first-order chi connectivity index (χ1) is 28.1. The molecule has 0 spiro atoms. The van der Waals surface area contributed by atoms with Crippen LogP contribution in [0.5, 0.6) is 5.75 Å². The van der Waals surface area contributed by atoms with Crippen LogP contribution in [0.1, 0.15) is 47.1 Å². The van der Waals surface area contributed by atoms with Crippen LogP contribution in [0, 0.1) is 35.5 Å². The molecule has 3 saturated heterocycles. The third-order valence-electron chi connectivity index (χ3n) is 12.2. The normalized spacial score (nSPS) is 20.6. The van der Waals surface area contributed by atoms with E-state index in [1.807, 2.05) is 72.8 Å². The van der Waals surface area contributed by atoms with Gasteiger partial charge in [0.05, 0.1) is 24.3 Å². The van der Waals surface area contributed by atoms with Gasteiger partial charge in [0, 0.05) is 13.1 Å². The highest BCUT2D eigenvalue weighted by Crippen LogP contribution is 2.27. The average molecular weight is 798 g/mol. The summed E-state index contributed by atoms with van der Waals surface area (Å²) in [6.07, 6.45) is 4.35. The van der Waals surface area contributed by atoms with Crippen molar-refractivity contribution in [2.24, 2.45) is 35.5 Å². The number of hydrogen-bond acceptors (Lipinski definition) is 8. The van der Waals surface area contributed by atoms with Gasteiger partial charge in [-0.15, -0.1) is 0 Å². The molecule has 3 aromatic rings. The summed E-state index contributed by atoms with van der Waals surface area (Å²) < 4.78 is 6.16. The molecule has 7 N–H and O–H groups in total. The van der Waals surface area contributed by atoms with Gasteiger partial charge >= 0.3 is 23.9 Å². The van der Waals surface area contributed by atoms with Crippen molar-refractivity contribution in [2.75, 3.05) is 59.0 Å². The molecule has 3 aliphatic rings. The molecule has 2 amide bonds. The predicted molar refractivity (Wildman–Crippen MR) is 220 cm³/mol. The van der Waals surface area contributed by atoms with E-state index in [4.69, 9.17) is 4.74 Å². The summed E-state index contributed by atoms with van der Waals surface area (Å²) in [5.74, 6) is -2.93. The zero-order valence-corrected chi connectivity index (χ0v) is 33.2. The summed E-state index contributed by atoms with van der Waals surface area (Å²) in [6, 6.07) is 22.9. The van der Waals surface area contributed by atoms with Crippen LogP contribution in [0.3, 0.4) is 0 Å². The maximum atomic E-state index is 13.8. The van der Waals surface area contributed by atoms with Crippen molar-refractivity contribution in [3.05, 3.63) is 101 Å². The van der Waals surface area contributed by atoms with E-state index in [1.165, 1.54) is 0 Å². The molecule has 3 fully saturated rings. The van der Waals surface area contributed by atoms with Gasteiger partial charge < -0.3 is 46.2 Å². The van der Waals surface area contributed by atoms with Crippen molar-refractivity contribution in [1.82, 2.24) is 26.2 Å². The molecule has 13 heteroatoms. The molecule has 312 valence electrons. The Labute approximate surface area is 340 Å². The zero-order chi connectivity index (χ0) is 40.9. The molecular formula is C45H59N5O8. The molecule has 6 rings (SSSR count). The second kappa shape index (κ2) is 21.1. The van der Waals surface area contributed by atoms with Crippen LogP contribution in [-0.2, 0) is 46.6 Å². The van der Waals surface area contributed by atoms with Gasteiger partial charge in [0.25, 0.3) is 0 Å². The standard InChI is InChI=1S/C45H59N5O8/c51-42(52)39(35-10-14-46-27-35)23-31-5-1-4-30(20-31)13-17-50(18-19-58-38-9-3-7-33(22-38)25-41(44(55)56)37-12-16-48-29-37)45(57)49-26-34-8-2-6-32(21-34)24-40(43(53)54)36-11-15-47-28-36/h1-9,20-22,35-37,39-41,46-48H,10-19,23-29H2,(H,49,57)(H,51,52)(H,53,54)(H,55,56). The fourth-order valence-electron chi connectivity index (χ4n) is 8.87. The Morgan fingerprint density at radius 3 is 1.55 bits per heavy atom. The van der Waals surface area contributed by atoms with Gasteiger partial charge in [0.2, 0.25) is 0 Å². The van der Waals surface area contributed by atoms with Crippen molar-refractivity contribution in [3.63, 3.8) is 0 Å². The number of ether oxygens (including phenoxy) is 1. The highest BCUT2D eigenvalue weighted by molar-refractivity contribution is 5.74. The number of nitrogens with zero attached hydrogens (tertiary/aromatic N) is 1. The highest BCUT2D eigenvalue weighted by atomic mass is 16.5. The van der Waals surface area contributed by atoms with E-state index in [9.17, 15) is 34.5 Å². The fraction of sp³-hybridized carbons (Fsp3) is 0.511.